The Morgan fingerprint density at radius 3 is 2.60 bits per heavy atom. The van der Waals surface area contributed by atoms with Gasteiger partial charge in [-0.05, 0) is 93.0 Å². The number of benzene rings is 2. The summed E-state index contributed by atoms with van der Waals surface area (Å²) in [5.74, 6) is 1.88. The molecule has 2 saturated heterocycles. The molecule has 1 N–H and O–H groups in total. The molecular weight excluding hydrogens is 842 g/mol. The fourth-order valence-electron chi connectivity index (χ4n) is 9.92. The first-order valence-electron chi connectivity index (χ1n) is 22.9. The van der Waals surface area contributed by atoms with E-state index in [4.69, 9.17) is 41.5 Å². The fourth-order valence-corrected chi connectivity index (χ4v) is 10.1. The summed E-state index contributed by atoms with van der Waals surface area (Å²) in [6.45, 7) is 6.88. The Balaban J connectivity index is 0.706. The maximum atomic E-state index is 13.1. The van der Waals surface area contributed by atoms with Crippen LogP contribution in [0.4, 0.5) is 5.82 Å². The number of carbonyl (C=O) groups excluding carboxylic acids is 2. The normalized spacial score (nSPS) is 20.1. The van der Waals surface area contributed by atoms with E-state index in [0.717, 1.165) is 129 Å². The average Bonchev–Trinajstić information content (AvgIpc) is 4.13. The van der Waals surface area contributed by atoms with Crippen LogP contribution >= 0.6 is 11.6 Å². The lowest BCUT2D eigenvalue weighted by Crippen LogP contribution is -2.40. The van der Waals surface area contributed by atoms with Gasteiger partial charge in [-0.3, -0.25) is 23.9 Å². The van der Waals surface area contributed by atoms with E-state index < -0.39 is 0 Å². The number of hydrogen-bond donors (Lipinski definition) is 1. The zero-order valence-corrected chi connectivity index (χ0v) is 37.3. The van der Waals surface area contributed by atoms with Crippen molar-refractivity contribution < 1.29 is 19.1 Å². The van der Waals surface area contributed by atoms with Crippen molar-refractivity contribution in [1.29, 1.82) is 5.26 Å². The molecule has 65 heavy (non-hydrogen) atoms. The zero-order chi connectivity index (χ0) is 44.4. The van der Waals surface area contributed by atoms with Gasteiger partial charge in [0, 0.05) is 105 Å². The van der Waals surface area contributed by atoms with E-state index in [0.29, 0.717) is 47.6 Å². The van der Waals surface area contributed by atoms with Crippen LogP contribution in [-0.4, -0.2) is 96.5 Å². The summed E-state index contributed by atoms with van der Waals surface area (Å²) in [7, 11) is 0. The van der Waals surface area contributed by atoms with E-state index in [9.17, 15) is 9.59 Å². The van der Waals surface area contributed by atoms with Crippen molar-refractivity contribution in [1.82, 2.24) is 45.0 Å². The minimum absolute atomic E-state index is 0.0277. The molecule has 3 fully saturated rings. The number of amides is 2. The van der Waals surface area contributed by atoms with Gasteiger partial charge in [0.25, 0.3) is 5.91 Å². The van der Waals surface area contributed by atoms with Gasteiger partial charge in [-0.2, -0.15) is 15.5 Å². The van der Waals surface area contributed by atoms with Crippen LogP contribution in [0, 0.1) is 17.2 Å². The van der Waals surface area contributed by atoms with Gasteiger partial charge in [0.05, 0.1) is 46.9 Å². The van der Waals surface area contributed by atoms with Gasteiger partial charge < -0.3 is 24.6 Å². The molecule has 16 heteroatoms. The minimum Gasteiger partial charge on any atom is -0.490 e. The molecule has 0 spiro atoms. The highest BCUT2D eigenvalue weighted by molar-refractivity contribution is 6.31. The van der Waals surface area contributed by atoms with Crippen LogP contribution < -0.4 is 15.0 Å². The third kappa shape index (κ3) is 9.15. The number of piperidine rings is 1. The van der Waals surface area contributed by atoms with E-state index in [1.807, 2.05) is 28.0 Å². The number of aryl methyl sites for hydroxylation is 1. The van der Waals surface area contributed by atoms with Crippen LogP contribution in [0.5, 0.6) is 5.75 Å². The Bertz CT molecular complexity index is 2740. The zero-order valence-electron chi connectivity index (χ0n) is 36.5. The summed E-state index contributed by atoms with van der Waals surface area (Å²) in [6, 6.07) is 19.6. The Kier molecular flexibility index (Phi) is 12.2. The monoisotopic (exact) mass is 893 g/mol. The van der Waals surface area contributed by atoms with Crippen LogP contribution in [-0.2, 0) is 29.0 Å². The minimum atomic E-state index is -0.213. The van der Waals surface area contributed by atoms with Crippen molar-refractivity contribution in [2.24, 2.45) is 5.92 Å². The number of nitriles is 1. The molecule has 4 aliphatic rings. The van der Waals surface area contributed by atoms with E-state index in [2.05, 4.69) is 61.6 Å². The number of hydrogen-bond acceptors (Lipinski definition) is 11. The quantitative estimate of drug-likeness (QED) is 0.136. The first-order chi connectivity index (χ1) is 31.8. The number of anilines is 1. The van der Waals surface area contributed by atoms with Crippen LogP contribution in [0.25, 0.3) is 33.3 Å². The van der Waals surface area contributed by atoms with Gasteiger partial charge in [-0.1, -0.05) is 29.8 Å². The lowest BCUT2D eigenvalue weighted by atomic mass is 9.92. The van der Waals surface area contributed by atoms with Crippen molar-refractivity contribution >= 4 is 40.0 Å². The molecule has 334 valence electrons. The molecule has 1 atom stereocenters. The first-order valence-corrected chi connectivity index (χ1v) is 23.3. The SMILES string of the molecule is CC(=O)N1CCc2c(c(-c3cccc4cc(-c5cnn(CCC6CCN(c7ccc(C(=O)NC8CCC(Oc9ccc(C#N)c(Cl)c9)CC8)nn7)CC6)c5)ncc34)nn2[C@H]2CCOC2)C1. The van der Waals surface area contributed by atoms with Crippen molar-refractivity contribution in [3.05, 3.63) is 101 Å². The van der Waals surface area contributed by atoms with Crippen LogP contribution in [0.15, 0.2) is 73.2 Å². The number of aromatic nitrogens is 7. The molecular formula is C49H52ClN11O4. The second-order valence-electron chi connectivity index (χ2n) is 17.8. The molecule has 1 aliphatic carbocycles. The number of nitrogens with zero attached hydrogens (tertiary/aromatic N) is 10. The van der Waals surface area contributed by atoms with E-state index >= 15 is 0 Å². The molecule has 1 saturated carbocycles. The van der Waals surface area contributed by atoms with Crippen LogP contribution in [0.2, 0.25) is 5.02 Å². The second kappa shape index (κ2) is 18.6. The summed E-state index contributed by atoms with van der Waals surface area (Å²) in [6.07, 6.45) is 14.0. The lowest BCUT2D eigenvalue weighted by molar-refractivity contribution is -0.129. The van der Waals surface area contributed by atoms with Crippen molar-refractivity contribution in [2.45, 2.75) is 96.0 Å². The van der Waals surface area contributed by atoms with Gasteiger partial charge in [-0.15, -0.1) is 10.2 Å². The predicted octanol–water partition coefficient (Wildman–Crippen LogP) is 7.57. The average molecular weight is 894 g/mol. The molecule has 0 radical (unpaired) electrons. The third-order valence-electron chi connectivity index (χ3n) is 13.7. The van der Waals surface area contributed by atoms with Gasteiger partial charge >= 0.3 is 0 Å². The number of carbonyl (C=O) groups is 2. The molecule has 0 unspecified atom stereocenters. The number of rotatable bonds is 11. The second-order valence-corrected chi connectivity index (χ2v) is 18.2. The molecule has 2 aromatic carbocycles. The molecule has 3 aliphatic heterocycles. The summed E-state index contributed by atoms with van der Waals surface area (Å²) in [5, 5.41) is 33.4. The van der Waals surface area contributed by atoms with Gasteiger partial charge in [-0.25, -0.2) is 0 Å². The summed E-state index contributed by atoms with van der Waals surface area (Å²) in [5.41, 5.74) is 6.88. The van der Waals surface area contributed by atoms with Gasteiger partial charge in [0.2, 0.25) is 5.91 Å². The smallest absolute Gasteiger partial charge is 0.272 e. The third-order valence-corrected chi connectivity index (χ3v) is 14.0. The van der Waals surface area contributed by atoms with Crippen LogP contribution in [0.1, 0.15) is 91.6 Å². The van der Waals surface area contributed by atoms with Gasteiger partial charge in [0.15, 0.2) is 11.5 Å². The largest absolute Gasteiger partial charge is 0.490 e. The Hall–Kier alpha value is -6.37. The molecule has 15 nitrogen and oxygen atoms in total. The number of fused-ring (bicyclic) bond motifs is 2. The number of pyridine rings is 1. The molecule has 10 rings (SSSR count). The summed E-state index contributed by atoms with van der Waals surface area (Å²) >= 11 is 6.17. The molecule has 6 aromatic rings. The topological polar surface area (TPSA) is 169 Å². The first kappa shape index (κ1) is 42.6. The van der Waals surface area contributed by atoms with E-state index in [1.165, 1.54) is 5.69 Å². The maximum absolute atomic E-state index is 13.1. The Labute approximate surface area is 382 Å². The number of nitrogens with one attached hydrogen (secondary N) is 1. The Morgan fingerprint density at radius 2 is 1.85 bits per heavy atom. The molecule has 0 bridgehead atoms. The van der Waals surface area contributed by atoms with Crippen molar-refractivity contribution in [2.75, 3.05) is 37.7 Å². The number of halogens is 1. The van der Waals surface area contributed by atoms with E-state index in [1.54, 1.807) is 31.2 Å². The molecule has 7 heterocycles. The maximum Gasteiger partial charge on any atom is 0.272 e. The number of ether oxygens (including phenoxy) is 2. The lowest BCUT2D eigenvalue weighted by Gasteiger charge is -2.32. The highest BCUT2D eigenvalue weighted by atomic mass is 35.5. The van der Waals surface area contributed by atoms with E-state index in [-0.39, 0.29) is 30.0 Å². The fraction of sp³-hybridized carbons (Fsp3) is 0.429. The highest BCUT2D eigenvalue weighted by Crippen LogP contribution is 2.38. The molecule has 4 aromatic heterocycles. The predicted molar refractivity (Wildman–Crippen MR) is 245 cm³/mol. The highest BCUT2D eigenvalue weighted by Gasteiger charge is 2.32. The Morgan fingerprint density at radius 1 is 0.985 bits per heavy atom. The summed E-state index contributed by atoms with van der Waals surface area (Å²) in [4.78, 5) is 34.6. The van der Waals surface area contributed by atoms with Gasteiger partial charge in [0.1, 0.15) is 11.8 Å². The van der Waals surface area contributed by atoms with Crippen molar-refractivity contribution in [3.63, 3.8) is 0 Å². The standard InChI is InChI=1S/C49H52ClN11O4/c1-31(62)59-20-16-46-42(29-59)48(57-61(46)37-17-22-64-30-37)40-4-2-3-33-23-45(52-27-41(33)40)35-26-53-60(28-35)21-15-32-13-18-58(19-14-32)47-12-11-44(55-56-47)49(63)54-36-6-9-38(10-7-36)65-39-8-5-34(25-51)43(50)24-39/h2-5,8,11-12,23-24,26-28,32,36-38H,6-7,9-10,13-22,29-30H2,1H3,(H,54,63)/t36?,37-,38?/m0/s1. The van der Waals surface area contributed by atoms with Crippen molar-refractivity contribution in [3.8, 4) is 34.3 Å². The molecule has 2 amide bonds. The van der Waals surface area contributed by atoms with Crippen LogP contribution in [0.3, 0.4) is 0 Å². The summed E-state index contributed by atoms with van der Waals surface area (Å²) < 4.78 is 16.0.